The molecular formula is C15H19BrFNO2. The average Bonchev–Trinajstić information content (AvgIpc) is 2.38. The van der Waals surface area contributed by atoms with Crippen molar-refractivity contribution in [3.8, 4) is 5.75 Å². The standard InChI is InChI=1S/C15H19BrFNO2/c1-5-18(9-10(2)3)15(19)11(4)20-14-7-6-12(16)8-13(14)17/h6-8,11H,2,5,9H2,1,3-4H3. The number of carbonyl (C=O) groups excluding carboxylic acids is 1. The molecule has 0 aliphatic rings. The van der Waals surface area contributed by atoms with Crippen LogP contribution in [0, 0.1) is 5.82 Å². The molecule has 0 aliphatic heterocycles. The Kier molecular flexibility index (Phi) is 6.20. The number of amides is 1. The van der Waals surface area contributed by atoms with Gasteiger partial charge in [-0.1, -0.05) is 28.1 Å². The molecule has 3 nitrogen and oxygen atoms in total. The molecule has 1 aromatic carbocycles. The topological polar surface area (TPSA) is 29.5 Å². The largest absolute Gasteiger partial charge is 0.478 e. The van der Waals surface area contributed by atoms with E-state index in [2.05, 4.69) is 22.5 Å². The number of carbonyl (C=O) groups is 1. The first kappa shape index (κ1) is 16.7. The van der Waals surface area contributed by atoms with Gasteiger partial charge in [0.15, 0.2) is 17.7 Å². The molecule has 0 bridgehead atoms. The number of likely N-dealkylation sites (N-methyl/N-ethyl adjacent to an activating group) is 1. The molecule has 0 saturated carbocycles. The van der Waals surface area contributed by atoms with Crippen LogP contribution in [0.1, 0.15) is 20.8 Å². The first-order valence-corrected chi connectivity index (χ1v) is 7.19. The number of nitrogens with zero attached hydrogens (tertiary/aromatic N) is 1. The Morgan fingerprint density at radius 2 is 2.20 bits per heavy atom. The van der Waals surface area contributed by atoms with Crippen LogP contribution >= 0.6 is 15.9 Å². The second kappa shape index (κ2) is 7.43. The summed E-state index contributed by atoms with van der Waals surface area (Å²) >= 11 is 3.17. The molecule has 0 radical (unpaired) electrons. The van der Waals surface area contributed by atoms with E-state index in [9.17, 15) is 9.18 Å². The number of halogens is 2. The fraction of sp³-hybridized carbons (Fsp3) is 0.400. The predicted molar refractivity (Wildman–Crippen MR) is 81.3 cm³/mol. The summed E-state index contributed by atoms with van der Waals surface area (Å²) in [7, 11) is 0. The Bertz CT molecular complexity index is 505. The molecule has 0 aromatic heterocycles. The minimum atomic E-state index is -0.745. The molecule has 0 saturated heterocycles. The van der Waals surface area contributed by atoms with Crippen molar-refractivity contribution in [3.63, 3.8) is 0 Å². The second-order valence-corrected chi connectivity index (χ2v) is 5.56. The molecular weight excluding hydrogens is 325 g/mol. The van der Waals surface area contributed by atoms with Gasteiger partial charge in [0.25, 0.3) is 5.91 Å². The molecule has 110 valence electrons. The van der Waals surface area contributed by atoms with Crippen LogP contribution in [0.4, 0.5) is 4.39 Å². The maximum Gasteiger partial charge on any atom is 0.263 e. The molecule has 0 N–H and O–H groups in total. The lowest BCUT2D eigenvalue weighted by atomic mass is 10.2. The van der Waals surface area contributed by atoms with Crippen molar-refractivity contribution >= 4 is 21.8 Å². The van der Waals surface area contributed by atoms with Crippen LogP contribution in [0.25, 0.3) is 0 Å². The molecule has 0 fully saturated rings. The van der Waals surface area contributed by atoms with Crippen LogP contribution in [0.3, 0.4) is 0 Å². The first-order chi connectivity index (χ1) is 9.35. The quantitative estimate of drug-likeness (QED) is 0.735. The van der Waals surface area contributed by atoms with Crippen molar-refractivity contribution in [1.29, 1.82) is 0 Å². The summed E-state index contributed by atoms with van der Waals surface area (Å²) in [5.74, 6) is -0.611. The number of ether oxygens (including phenoxy) is 1. The number of hydrogen-bond acceptors (Lipinski definition) is 2. The van der Waals surface area contributed by atoms with Gasteiger partial charge in [-0.25, -0.2) is 4.39 Å². The molecule has 1 amide bonds. The van der Waals surface area contributed by atoms with Crippen molar-refractivity contribution in [3.05, 3.63) is 40.6 Å². The second-order valence-electron chi connectivity index (χ2n) is 4.64. The van der Waals surface area contributed by atoms with Gasteiger partial charge in [0, 0.05) is 17.6 Å². The molecule has 1 atom stereocenters. The third-order valence-corrected chi connectivity index (χ3v) is 3.19. The third-order valence-electron chi connectivity index (χ3n) is 2.70. The predicted octanol–water partition coefficient (Wildman–Crippen LogP) is 3.78. The monoisotopic (exact) mass is 343 g/mol. The Morgan fingerprint density at radius 1 is 1.55 bits per heavy atom. The van der Waals surface area contributed by atoms with Crippen LogP contribution < -0.4 is 4.74 Å². The van der Waals surface area contributed by atoms with E-state index in [-0.39, 0.29) is 11.7 Å². The molecule has 0 heterocycles. The van der Waals surface area contributed by atoms with Crippen LogP contribution in [0.5, 0.6) is 5.75 Å². The third kappa shape index (κ3) is 4.63. The zero-order chi connectivity index (χ0) is 15.3. The highest BCUT2D eigenvalue weighted by Crippen LogP contribution is 2.22. The van der Waals surface area contributed by atoms with Crippen LogP contribution in [0.15, 0.2) is 34.8 Å². The van der Waals surface area contributed by atoms with Gasteiger partial charge in [0.05, 0.1) is 0 Å². The van der Waals surface area contributed by atoms with Crippen molar-refractivity contribution in [2.45, 2.75) is 26.9 Å². The highest BCUT2D eigenvalue weighted by atomic mass is 79.9. The zero-order valence-corrected chi connectivity index (χ0v) is 13.5. The Morgan fingerprint density at radius 3 is 2.70 bits per heavy atom. The maximum absolute atomic E-state index is 13.7. The van der Waals surface area contributed by atoms with Crippen LogP contribution in [-0.4, -0.2) is 30.0 Å². The van der Waals surface area contributed by atoms with Crippen molar-refractivity contribution < 1.29 is 13.9 Å². The zero-order valence-electron chi connectivity index (χ0n) is 12.0. The summed E-state index contributed by atoms with van der Waals surface area (Å²) in [6.45, 7) is 10.2. The van der Waals surface area contributed by atoms with Gasteiger partial charge in [-0.15, -0.1) is 0 Å². The van der Waals surface area contributed by atoms with Crippen LogP contribution in [0.2, 0.25) is 0 Å². The highest BCUT2D eigenvalue weighted by molar-refractivity contribution is 9.10. The average molecular weight is 344 g/mol. The van der Waals surface area contributed by atoms with Gasteiger partial charge in [0.2, 0.25) is 0 Å². The summed E-state index contributed by atoms with van der Waals surface area (Å²) in [4.78, 5) is 13.8. The Balaban J connectivity index is 2.76. The summed E-state index contributed by atoms with van der Waals surface area (Å²) in [6.07, 6.45) is -0.745. The van der Waals surface area contributed by atoms with E-state index in [0.717, 1.165) is 5.57 Å². The number of hydrogen-bond donors (Lipinski definition) is 0. The number of rotatable bonds is 6. The lowest BCUT2D eigenvalue weighted by molar-refractivity contribution is -0.137. The SMILES string of the molecule is C=C(C)CN(CC)C(=O)C(C)Oc1ccc(Br)cc1F. The van der Waals surface area contributed by atoms with Gasteiger partial charge >= 0.3 is 0 Å². The van der Waals surface area contributed by atoms with Gasteiger partial charge in [-0.2, -0.15) is 0 Å². The summed E-state index contributed by atoms with van der Waals surface area (Å²) < 4.78 is 19.7. The normalized spacial score (nSPS) is 11.8. The molecule has 1 rings (SSSR count). The smallest absolute Gasteiger partial charge is 0.263 e. The van der Waals surface area contributed by atoms with Gasteiger partial charge in [-0.05, 0) is 39.0 Å². The number of benzene rings is 1. The lowest BCUT2D eigenvalue weighted by Gasteiger charge is -2.25. The molecule has 1 unspecified atom stereocenters. The van der Waals surface area contributed by atoms with Crippen molar-refractivity contribution in [2.75, 3.05) is 13.1 Å². The minimum absolute atomic E-state index is 0.0698. The fourth-order valence-corrected chi connectivity index (χ4v) is 2.07. The van der Waals surface area contributed by atoms with E-state index in [1.165, 1.54) is 12.1 Å². The summed E-state index contributed by atoms with van der Waals surface area (Å²) in [5, 5.41) is 0. The minimum Gasteiger partial charge on any atom is -0.478 e. The highest BCUT2D eigenvalue weighted by Gasteiger charge is 2.22. The summed E-state index contributed by atoms with van der Waals surface area (Å²) in [5.41, 5.74) is 0.891. The van der Waals surface area contributed by atoms with E-state index in [1.807, 2.05) is 13.8 Å². The van der Waals surface area contributed by atoms with Crippen LogP contribution in [-0.2, 0) is 4.79 Å². The van der Waals surface area contributed by atoms with Crippen molar-refractivity contribution in [2.24, 2.45) is 0 Å². The van der Waals surface area contributed by atoms with Gasteiger partial charge < -0.3 is 9.64 Å². The molecule has 5 heteroatoms. The maximum atomic E-state index is 13.7. The van der Waals surface area contributed by atoms with Gasteiger partial charge in [0.1, 0.15) is 0 Å². The van der Waals surface area contributed by atoms with E-state index in [0.29, 0.717) is 17.6 Å². The lowest BCUT2D eigenvalue weighted by Crippen LogP contribution is -2.41. The fourth-order valence-electron chi connectivity index (χ4n) is 1.74. The molecule has 1 aromatic rings. The van der Waals surface area contributed by atoms with Gasteiger partial charge in [-0.3, -0.25) is 4.79 Å². The Hall–Kier alpha value is -1.36. The van der Waals surface area contributed by atoms with E-state index in [4.69, 9.17) is 4.74 Å². The van der Waals surface area contributed by atoms with E-state index >= 15 is 0 Å². The van der Waals surface area contributed by atoms with E-state index < -0.39 is 11.9 Å². The van der Waals surface area contributed by atoms with Crippen molar-refractivity contribution in [1.82, 2.24) is 4.90 Å². The summed E-state index contributed by atoms with van der Waals surface area (Å²) in [6, 6.07) is 4.47. The van der Waals surface area contributed by atoms with E-state index in [1.54, 1.807) is 17.9 Å². The molecule has 0 aliphatic carbocycles. The first-order valence-electron chi connectivity index (χ1n) is 6.40. The Labute approximate surface area is 127 Å². The molecule has 0 spiro atoms. The molecule has 20 heavy (non-hydrogen) atoms.